The number of carbonyl (C=O) groups is 1. The summed E-state index contributed by atoms with van der Waals surface area (Å²) < 4.78 is 30.6. The van der Waals surface area contributed by atoms with Gasteiger partial charge in [-0.25, -0.2) is 8.78 Å². The number of nitrogens with zero attached hydrogens (tertiary/aromatic N) is 1. The number of halogens is 2. The molecule has 0 aliphatic carbocycles. The Morgan fingerprint density at radius 3 is 2.77 bits per heavy atom. The van der Waals surface area contributed by atoms with Gasteiger partial charge in [0.2, 0.25) is 0 Å². The zero-order chi connectivity index (χ0) is 10.1. The molecule has 0 amide bonds. The average Bonchev–Trinajstić information content (AvgIpc) is 2.08. The highest BCUT2D eigenvalue weighted by Gasteiger charge is 2.48. The summed E-state index contributed by atoms with van der Waals surface area (Å²) >= 11 is 0. The lowest BCUT2D eigenvalue weighted by atomic mass is 9.94. The number of esters is 1. The van der Waals surface area contributed by atoms with Gasteiger partial charge in [-0.3, -0.25) is 4.79 Å². The fraction of sp³-hybridized carbons (Fsp3) is 0.875. The van der Waals surface area contributed by atoms with Crippen molar-refractivity contribution in [3.05, 3.63) is 0 Å². The van der Waals surface area contributed by atoms with E-state index in [-0.39, 0.29) is 13.0 Å². The molecule has 1 heterocycles. The number of rotatable bonds is 1. The van der Waals surface area contributed by atoms with Crippen LogP contribution in [0.4, 0.5) is 8.78 Å². The Bertz CT molecular complexity index is 208. The molecule has 0 saturated carbocycles. The maximum atomic E-state index is 13.2. The third kappa shape index (κ3) is 2.15. The van der Waals surface area contributed by atoms with Crippen LogP contribution in [0.1, 0.15) is 6.42 Å². The normalized spacial score (nSPS) is 28.5. The lowest BCUT2D eigenvalue weighted by Crippen LogP contribution is -2.49. The lowest BCUT2D eigenvalue weighted by molar-refractivity contribution is -0.169. The summed E-state index contributed by atoms with van der Waals surface area (Å²) in [6.07, 6.45) is -0.275. The SMILES string of the molecule is COC(=O)C1CN(C)CCC1(F)F. The van der Waals surface area contributed by atoms with Gasteiger partial charge in [-0.2, -0.15) is 0 Å². The minimum atomic E-state index is -2.92. The van der Waals surface area contributed by atoms with Crippen molar-refractivity contribution in [1.82, 2.24) is 4.90 Å². The van der Waals surface area contributed by atoms with Gasteiger partial charge in [0.25, 0.3) is 5.92 Å². The molecule has 0 aromatic rings. The minimum Gasteiger partial charge on any atom is -0.469 e. The van der Waals surface area contributed by atoms with Gasteiger partial charge < -0.3 is 9.64 Å². The minimum absolute atomic E-state index is 0.0691. The van der Waals surface area contributed by atoms with Crippen molar-refractivity contribution in [3.8, 4) is 0 Å². The van der Waals surface area contributed by atoms with Gasteiger partial charge in [0, 0.05) is 19.5 Å². The third-order valence-corrected chi connectivity index (χ3v) is 2.32. The van der Waals surface area contributed by atoms with Crippen molar-refractivity contribution in [2.24, 2.45) is 5.92 Å². The summed E-state index contributed by atoms with van der Waals surface area (Å²) in [5, 5.41) is 0. The smallest absolute Gasteiger partial charge is 0.316 e. The summed E-state index contributed by atoms with van der Waals surface area (Å²) in [7, 11) is 2.85. The molecule has 76 valence electrons. The van der Waals surface area contributed by atoms with Gasteiger partial charge in [-0.15, -0.1) is 0 Å². The van der Waals surface area contributed by atoms with Crippen LogP contribution in [0.3, 0.4) is 0 Å². The number of ether oxygens (including phenoxy) is 1. The van der Waals surface area contributed by atoms with Crippen LogP contribution >= 0.6 is 0 Å². The van der Waals surface area contributed by atoms with Crippen molar-refractivity contribution in [2.45, 2.75) is 12.3 Å². The Morgan fingerprint density at radius 1 is 1.62 bits per heavy atom. The zero-order valence-electron chi connectivity index (χ0n) is 7.72. The molecule has 1 atom stereocenters. The maximum absolute atomic E-state index is 13.2. The molecule has 0 aromatic heterocycles. The van der Waals surface area contributed by atoms with E-state index in [1.807, 2.05) is 0 Å². The van der Waals surface area contributed by atoms with E-state index in [0.717, 1.165) is 7.11 Å². The van der Waals surface area contributed by atoms with E-state index in [1.54, 1.807) is 11.9 Å². The van der Waals surface area contributed by atoms with Crippen LogP contribution in [0, 0.1) is 5.92 Å². The van der Waals surface area contributed by atoms with E-state index in [0.29, 0.717) is 6.54 Å². The first-order valence-electron chi connectivity index (χ1n) is 4.11. The van der Waals surface area contributed by atoms with E-state index in [9.17, 15) is 13.6 Å². The highest BCUT2D eigenvalue weighted by molar-refractivity contribution is 5.73. The topological polar surface area (TPSA) is 29.5 Å². The van der Waals surface area contributed by atoms with Crippen LogP contribution in [0.2, 0.25) is 0 Å². The predicted octanol–water partition coefficient (Wildman–Crippen LogP) is 0.746. The molecule has 1 saturated heterocycles. The first kappa shape index (κ1) is 10.4. The number of methoxy groups -OCH3 is 1. The molecule has 0 aromatic carbocycles. The predicted molar refractivity (Wildman–Crippen MR) is 42.6 cm³/mol. The highest BCUT2D eigenvalue weighted by atomic mass is 19.3. The van der Waals surface area contributed by atoms with Crippen LogP contribution in [0.15, 0.2) is 0 Å². The number of carbonyl (C=O) groups excluding carboxylic acids is 1. The Balaban J connectivity index is 2.72. The zero-order valence-corrected chi connectivity index (χ0v) is 7.72. The van der Waals surface area contributed by atoms with Gasteiger partial charge in [-0.1, -0.05) is 0 Å². The van der Waals surface area contributed by atoms with Crippen LogP contribution < -0.4 is 0 Å². The molecule has 1 rings (SSSR count). The van der Waals surface area contributed by atoms with E-state index in [2.05, 4.69) is 4.74 Å². The third-order valence-electron chi connectivity index (χ3n) is 2.32. The molecule has 0 N–H and O–H groups in total. The van der Waals surface area contributed by atoms with Crippen molar-refractivity contribution >= 4 is 5.97 Å². The summed E-state index contributed by atoms with van der Waals surface area (Å²) in [6.45, 7) is 0.389. The Kier molecular flexibility index (Phi) is 2.85. The molecule has 5 heteroatoms. The fourth-order valence-corrected chi connectivity index (χ4v) is 1.44. The van der Waals surface area contributed by atoms with E-state index in [4.69, 9.17) is 0 Å². The number of alkyl halides is 2. The second-order valence-electron chi connectivity index (χ2n) is 3.35. The van der Waals surface area contributed by atoms with Crippen LogP contribution in [0.5, 0.6) is 0 Å². The summed E-state index contributed by atoms with van der Waals surface area (Å²) in [4.78, 5) is 12.7. The summed E-state index contributed by atoms with van der Waals surface area (Å²) in [5.41, 5.74) is 0. The second kappa shape index (κ2) is 3.57. The first-order valence-corrected chi connectivity index (χ1v) is 4.11. The summed E-state index contributed by atoms with van der Waals surface area (Å²) in [6, 6.07) is 0. The van der Waals surface area contributed by atoms with Crippen molar-refractivity contribution in [1.29, 1.82) is 0 Å². The molecule has 0 spiro atoms. The molecule has 0 bridgehead atoms. The Labute approximate surface area is 75.7 Å². The Hall–Kier alpha value is -0.710. The van der Waals surface area contributed by atoms with Gasteiger partial charge in [0.15, 0.2) is 0 Å². The van der Waals surface area contributed by atoms with Crippen molar-refractivity contribution < 1.29 is 18.3 Å². The number of likely N-dealkylation sites (tertiary alicyclic amines) is 1. The van der Waals surface area contributed by atoms with E-state index >= 15 is 0 Å². The van der Waals surface area contributed by atoms with Crippen LogP contribution in [-0.4, -0.2) is 44.0 Å². The molecule has 13 heavy (non-hydrogen) atoms. The van der Waals surface area contributed by atoms with E-state index in [1.165, 1.54) is 0 Å². The molecule has 1 aliphatic rings. The van der Waals surface area contributed by atoms with Gasteiger partial charge >= 0.3 is 5.97 Å². The van der Waals surface area contributed by atoms with Crippen molar-refractivity contribution in [3.63, 3.8) is 0 Å². The monoisotopic (exact) mass is 193 g/mol. The number of piperidine rings is 1. The quantitative estimate of drug-likeness (QED) is 0.575. The number of hydrogen-bond acceptors (Lipinski definition) is 3. The molecule has 3 nitrogen and oxygen atoms in total. The second-order valence-corrected chi connectivity index (χ2v) is 3.35. The number of hydrogen-bond donors (Lipinski definition) is 0. The van der Waals surface area contributed by atoms with Gasteiger partial charge in [0.05, 0.1) is 7.11 Å². The van der Waals surface area contributed by atoms with Gasteiger partial charge in [0.1, 0.15) is 5.92 Å². The Morgan fingerprint density at radius 2 is 2.23 bits per heavy atom. The van der Waals surface area contributed by atoms with Crippen LogP contribution in [-0.2, 0) is 9.53 Å². The fourth-order valence-electron chi connectivity index (χ4n) is 1.44. The highest BCUT2D eigenvalue weighted by Crippen LogP contribution is 2.33. The lowest BCUT2D eigenvalue weighted by Gasteiger charge is -2.34. The largest absolute Gasteiger partial charge is 0.469 e. The standard InChI is InChI=1S/C8H13F2NO2/c1-11-4-3-8(9,10)6(5-11)7(12)13-2/h6H,3-5H2,1-2H3. The molecular weight excluding hydrogens is 180 g/mol. The molecule has 1 unspecified atom stereocenters. The van der Waals surface area contributed by atoms with E-state index < -0.39 is 17.8 Å². The molecule has 1 fully saturated rings. The van der Waals surface area contributed by atoms with Gasteiger partial charge in [-0.05, 0) is 7.05 Å². The maximum Gasteiger partial charge on any atom is 0.316 e. The molecular formula is C8H13F2NO2. The first-order chi connectivity index (χ1) is 5.97. The molecule has 0 radical (unpaired) electrons. The summed E-state index contributed by atoms with van der Waals surface area (Å²) in [5.74, 6) is -5.05. The van der Waals surface area contributed by atoms with Crippen LogP contribution in [0.25, 0.3) is 0 Å². The van der Waals surface area contributed by atoms with Crippen molar-refractivity contribution in [2.75, 3.05) is 27.2 Å². The molecule has 1 aliphatic heterocycles. The average molecular weight is 193 g/mol.